The maximum atomic E-state index is 11.8. The van der Waals surface area contributed by atoms with E-state index < -0.39 is 0 Å². The molecule has 0 unspecified atom stereocenters. The summed E-state index contributed by atoms with van der Waals surface area (Å²) in [7, 11) is 4.08. The van der Waals surface area contributed by atoms with Crippen molar-refractivity contribution in [2.24, 2.45) is 0 Å². The van der Waals surface area contributed by atoms with Gasteiger partial charge in [0.25, 0.3) is 5.91 Å². The molecule has 0 saturated carbocycles. The molecule has 1 aromatic heterocycles. The molecule has 1 heterocycles. The van der Waals surface area contributed by atoms with Crippen molar-refractivity contribution >= 4 is 11.7 Å². The third-order valence-electron chi connectivity index (χ3n) is 2.54. The lowest BCUT2D eigenvalue weighted by molar-refractivity contribution is 0.0947. The number of nitrogens with one attached hydrogen (secondary N) is 2. The number of rotatable bonds is 8. The molecule has 1 aromatic rings. The summed E-state index contributed by atoms with van der Waals surface area (Å²) < 4.78 is 0. The Balaban J connectivity index is 2.34. The topological polar surface area (TPSA) is 70.2 Å². The first-order valence-corrected chi connectivity index (χ1v) is 6.62. The molecule has 19 heavy (non-hydrogen) atoms. The highest BCUT2D eigenvalue weighted by molar-refractivity contribution is 5.92. The van der Waals surface area contributed by atoms with E-state index in [-0.39, 0.29) is 5.91 Å². The Bertz CT molecular complexity index is 394. The molecule has 0 saturated heterocycles. The number of hydrogen-bond acceptors (Lipinski definition) is 5. The van der Waals surface area contributed by atoms with Gasteiger partial charge in [-0.05, 0) is 40.4 Å². The normalized spacial score (nSPS) is 10.5. The van der Waals surface area contributed by atoms with Crippen molar-refractivity contribution in [2.75, 3.05) is 39.0 Å². The van der Waals surface area contributed by atoms with Crippen molar-refractivity contribution in [2.45, 2.75) is 19.8 Å². The smallest absolute Gasteiger partial charge is 0.271 e. The zero-order chi connectivity index (χ0) is 14.1. The van der Waals surface area contributed by atoms with Crippen molar-refractivity contribution in [3.05, 3.63) is 18.1 Å². The Morgan fingerprint density at radius 1 is 1.32 bits per heavy atom. The summed E-state index contributed by atoms with van der Waals surface area (Å²) in [6.45, 7) is 4.43. The number of hydrogen-bond donors (Lipinski definition) is 2. The molecule has 0 fully saturated rings. The lowest BCUT2D eigenvalue weighted by Gasteiger charge is -2.09. The molecule has 106 valence electrons. The van der Waals surface area contributed by atoms with Gasteiger partial charge in [-0.3, -0.25) is 9.78 Å². The molecular formula is C13H23N5O. The summed E-state index contributed by atoms with van der Waals surface area (Å²) in [5.41, 5.74) is 0.353. The van der Waals surface area contributed by atoms with Gasteiger partial charge in [0.15, 0.2) is 0 Å². The van der Waals surface area contributed by atoms with Crippen LogP contribution in [-0.2, 0) is 0 Å². The highest BCUT2D eigenvalue weighted by Gasteiger charge is 2.07. The first-order valence-electron chi connectivity index (χ1n) is 6.62. The van der Waals surface area contributed by atoms with Crippen LogP contribution in [0.15, 0.2) is 12.4 Å². The predicted octanol–water partition coefficient (Wildman–Crippen LogP) is 0.980. The molecule has 0 aliphatic carbocycles. The largest absolute Gasteiger partial charge is 0.369 e. The molecule has 0 radical (unpaired) electrons. The van der Waals surface area contributed by atoms with Gasteiger partial charge in [0.2, 0.25) is 0 Å². The van der Waals surface area contributed by atoms with Gasteiger partial charge >= 0.3 is 0 Å². The van der Waals surface area contributed by atoms with Gasteiger partial charge in [-0.2, -0.15) is 0 Å². The summed E-state index contributed by atoms with van der Waals surface area (Å²) in [4.78, 5) is 22.2. The fourth-order valence-electron chi connectivity index (χ4n) is 1.59. The molecule has 0 aliphatic heterocycles. The summed E-state index contributed by atoms with van der Waals surface area (Å²) in [5, 5.41) is 5.89. The second kappa shape index (κ2) is 8.42. The van der Waals surface area contributed by atoms with Gasteiger partial charge in [-0.15, -0.1) is 0 Å². The Labute approximate surface area is 114 Å². The molecule has 6 heteroatoms. The number of nitrogens with zero attached hydrogens (tertiary/aromatic N) is 3. The van der Waals surface area contributed by atoms with Crippen LogP contribution in [0, 0.1) is 0 Å². The SMILES string of the molecule is CCNc1cncc(C(=O)NCCCCN(C)C)n1. The lowest BCUT2D eigenvalue weighted by atomic mass is 10.3. The minimum absolute atomic E-state index is 0.169. The molecule has 6 nitrogen and oxygen atoms in total. The molecule has 2 N–H and O–H groups in total. The Hall–Kier alpha value is -1.69. The summed E-state index contributed by atoms with van der Waals surface area (Å²) in [5.74, 6) is 0.458. The van der Waals surface area contributed by atoms with E-state index in [2.05, 4.69) is 25.5 Å². The standard InChI is InChI=1S/C13H23N5O/c1-4-15-12-10-14-9-11(17-12)13(19)16-7-5-6-8-18(2)3/h9-10H,4-8H2,1-3H3,(H,15,17)(H,16,19). The first-order chi connectivity index (χ1) is 9.13. The van der Waals surface area contributed by atoms with Crippen molar-refractivity contribution in [3.63, 3.8) is 0 Å². The van der Waals surface area contributed by atoms with E-state index in [1.54, 1.807) is 6.20 Å². The van der Waals surface area contributed by atoms with Crippen LogP contribution < -0.4 is 10.6 Å². The minimum Gasteiger partial charge on any atom is -0.369 e. The second-order valence-corrected chi connectivity index (χ2v) is 4.59. The van der Waals surface area contributed by atoms with Gasteiger partial charge in [0.1, 0.15) is 11.5 Å². The highest BCUT2D eigenvalue weighted by Crippen LogP contribution is 2.01. The van der Waals surface area contributed by atoms with Crippen LogP contribution in [0.1, 0.15) is 30.3 Å². The molecule has 1 rings (SSSR count). The van der Waals surface area contributed by atoms with Crippen molar-refractivity contribution in [1.82, 2.24) is 20.2 Å². The van der Waals surface area contributed by atoms with Gasteiger partial charge in [0, 0.05) is 13.1 Å². The highest BCUT2D eigenvalue weighted by atomic mass is 16.1. The van der Waals surface area contributed by atoms with E-state index >= 15 is 0 Å². The maximum absolute atomic E-state index is 11.8. The van der Waals surface area contributed by atoms with Crippen LogP contribution in [0.3, 0.4) is 0 Å². The van der Waals surface area contributed by atoms with Crippen LogP contribution in [0.4, 0.5) is 5.82 Å². The Morgan fingerprint density at radius 2 is 2.11 bits per heavy atom. The fraction of sp³-hybridized carbons (Fsp3) is 0.615. The zero-order valence-electron chi connectivity index (χ0n) is 11.9. The average Bonchev–Trinajstić information content (AvgIpc) is 2.38. The van der Waals surface area contributed by atoms with Crippen LogP contribution in [0.5, 0.6) is 0 Å². The second-order valence-electron chi connectivity index (χ2n) is 4.59. The van der Waals surface area contributed by atoms with Crippen molar-refractivity contribution < 1.29 is 4.79 Å². The molecule has 0 bridgehead atoms. The van der Waals surface area contributed by atoms with Crippen LogP contribution in [-0.4, -0.2) is 54.5 Å². The monoisotopic (exact) mass is 265 g/mol. The summed E-state index contributed by atoms with van der Waals surface area (Å²) in [6.07, 6.45) is 5.12. The number of anilines is 1. The van der Waals surface area contributed by atoms with Crippen LogP contribution >= 0.6 is 0 Å². The van der Waals surface area contributed by atoms with Gasteiger partial charge < -0.3 is 15.5 Å². The maximum Gasteiger partial charge on any atom is 0.271 e. The number of unbranched alkanes of at least 4 members (excludes halogenated alkanes) is 1. The van der Waals surface area contributed by atoms with E-state index in [9.17, 15) is 4.79 Å². The van der Waals surface area contributed by atoms with E-state index in [1.807, 2.05) is 21.0 Å². The molecular weight excluding hydrogens is 242 g/mol. The Kier molecular flexibility index (Phi) is 6.81. The quantitative estimate of drug-likeness (QED) is 0.686. The molecule has 1 amide bonds. The summed E-state index contributed by atoms with van der Waals surface area (Å²) in [6, 6.07) is 0. The van der Waals surface area contributed by atoms with E-state index in [4.69, 9.17) is 0 Å². The third-order valence-corrected chi connectivity index (χ3v) is 2.54. The molecule has 0 spiro atoms. The number of carbonyl (C=O) groups is 1. The van der Waals surface area contributed by atoms with Gasteiger partial charge in [-0.25, -0.2) is 4.98 Å². The number of amides is 1. The van der Waals surface area contributed by atoms with Gasteiger partial charge in [-0.1, -0.05) is 0 Å². The average molecular weight is 265 g/mol. The van der Waals surface area contributed by atoms with E-state index in [1.165, 1.54) is 6.20 Å². The molecule has 0 aromatic carbocycles. The third kappa shape index (κ3) is 6.15. The first kappa shape index (κ1) is 15.4. The molecule has 0 atom stereocenters. The number of carbonyl (C=O) groups excluding carboxylic acids is 1. The molecule has 0 aliphatic rings. The van der Waals surface area contributed by atoms with E-state index in [0.717, 1.165) is 25.9 Å². The van der Waals surface area contributed by atoms with Gasteiger partial charge in [0.05, 0.1) is 12.4 Å². The van der Waals surface area contributed by atoms with E-state index in [0.29, 0.717) is 18.1 Å². The van der Waals surface area contributed by atoms with Crippen LogP contribution in [0.2, 0.25) is 0 Å². The predicted molar refractivity (Wildman–Crippen MR) is 76.3 cm³/mol. The number of aromatic nitrogens is 2. The van der Waals surface area contributed by atoms with Crippen LogP contribution in [0.25, 0.3) is 0 Å². The lowest BCUT2D eigenvalue weighted by Crippen LogP contribution is -2.26. The van der Waals surface area contributed by atoms with Crippen molar-refractivity contribution in [1.29, 1.82) is 0 Å². The van der Waals surface area contributed by atoms with Crippen molar-refractivity contribution in [3.8, 4) is 0 Å². The minimum atomic E-state index is -0.169. The summed E-state index contributed by atoms with van der Waals surface area (Å²) >= 11 is 0. The Morgan fingerprint density at radius 3 is 2.79 bits per heavy atom. The fourth-order valence-corrected chi connectivity index (χ4v) is 1.59. The zero-order valence-corrected chi connectivity index (χ0v) is 11.9.